The fourth-order valence-corrected chi connectivity index (χ4v) is 12.9. The van der Waals surface area contributed by atoms with E-state index < -0.39 is 359 Å². The van der Waals surface area contributed by atoms with Crippen molar-refractivity contribution in [2.75, 3.05) is 10.2 Å². The van der Waals surface area contributed by atoms with Crippen LogP contribution in [0.5, 0.6) is 0 Å². The molecule has 10 heterocycles. The molecule has 2 N–H and O–H groups in total. The number of fused-ring (bicyclic) bond motifs is 38. The molecule has 18 rings (SSSR count). The van der Waals surface area contributed by atoms with E-state index in [9.17, 15) is 52.7 Å². The Morgan fingerprint density at radius 1 is 0.230 bits per heavy atom. The number of anilines is 4. The van der Waals surface area contributed by atoms with Crippen molar-refractivity contribution < 1.29 is 158 Å². The molecule has 0 aliphatic carbocycles. The van der Waals surface area contributed by atoms with E-state index >= 15 is 88.4 Å². The van der Waals surface area contributed by atoms with Crippen LogP contribution in [0.15, 0.2) is 76.3 Å². The average Bonchev–Trinajstić information content (AvgIpc) is 1.56. The molecule has 577 valence electrons. The van der Waals surface area contributed by atoms with Crippen LogP contribution in [0.3, 0.4) is 0 Å². The summed E-state index contributed by atoms with van der Waals surface area (Å²) in [4.78, 5) is 27.0. The summed E-state index contributed by atoms with van der Waals surface area (Å²) >= 11 is 0. The minimum absolute atomic E-state index is 0. The van der Waals surface area contributed by atoms with Crippen molar-refractivity contribution in [3.05, 3.63) is 232 Å². The first-order valence-corrected chi connectivity index (χ1v) is 29.7. The maximum atomic E-state index is 16.7. The normalized spacial score (nSPS) is 14.3. The summed E-state index contributed by atoms with van der Waals surface area (Å²) in [5.41, 5.74) is -13.8. The van der Waals surface area contributed by atoms with Crippen LogP contribution in [0.1, 0.15) is 22.3 Å². The molecule has 16 bridgehead atoms. The topological polar surface area (TPSA) is 157 Å². The SMILES string of the molecule is Fc1c(F)c(F)c2c(c1F)C1=NC2=Nc2c3c(F)cccc3c(n2F)N(F)c2[nH]c(c3c(F)c(F)c(F)c(F)c23)/N=c2/c3c(F)c(F)c(F)c(F)c3c(n2F)=N1.Fc1c(F)c(F)c2c(c1F)C1=NC2=Nc2c3c(F)cccc3c(n2F)N(F)c2[nH]c(c3c(F)c(F)c(F)c(F)c23)/N=c2/c3c(F)c(F)c(F)c(F)c3c(n2F)=N1.[Cu+2]. The number of H-pyrrole nitrogens is 2. The number of aliphatic imine (C=N–C) groups is 4. The van der Waals surface area contributed by atoms with Crippen LogP contribution in [0.2, 0.25) is 0 Å². The van der Waals surface area contributed by atoms with Gasteiger partial charge < -0.3 is 9.97 Å². The predicted octanol–water partition coefficient (Wildman–Crippen LogP) is 17.6. The number of aromatic nitrogens is 6. The molecule has 0 saturated heterocycles. The summed E-state index contributed by atoms with van der Waals surface area (Å²) in [5, 5.41) is -19.9. The van der Waals surface area contributed by atoms with Crippen molar-refractivity contribution in [2.24, 2.45) is 39.9 Å². The second-order valence-electron chi connectivity index (χ2n) is 23.5. The van der Waals surface area contributed by atoms with E-state index in [2.05, 4.69) is 39.9 Å². The molecule has 49 heteroatoms. The minimum atomic E-state index is -2.67. The quantitative estimate of drug-likeness (QED) is 0.0510. The minimum Gasteiger partial charge on any atom is -0.323 e. The number of hydrogen-bond donors (Lipinski definition) is 2. The van der Waals surface area contributed by atoms with Crippen molar-refractivity contribution in [3.8, 4) is 0 Å². The summed E-state index contributed by atoms with van der Waals surface area (Å²) in [6.45, 7) is 0. The Labute approximate surface area is 602 Å². The predicted molar refractivity (Wildman–Crippen MR) is 318 cm³/mol. The number of aromatic amines is 2. The summed E-state index contributed by atoms with van der Waals surface area (Å²) in [7, 11) is 0. The van der Waals surface area contributed by atoms with Gasteiger partial charge in [-0.25, -0.2) is 154 Å². The summed E-state index contributed by atoms with van der Waals surface area (Å²) < 4.78 is 490. The van der Waals surface area contributed by atoms with Crippen LogP contribution in [-0.2, 0) is 17.1 Å². The second kappa shape index (κ2) is 24.9. The fourth-order valence-electron chi connectivity index (χ4n) is 12.9. The number of nitrogens with zero attached hydrogens (tertiary/aromatic N) is 14. The number of hydrogen-bond acceptors (Lipinski definition) is 10. The van der Waals surface area contributed by atoms with Crippen LogP contribution in [0, 0.1) is 151 Å². The van der Waals surface area contributed by atoms with Gasteiger partial charge in [0.05, 0.1) is 76.1 Å². The van der Waals surface area contributed by atoms with Gasteiger partial charge in [0.15, 0.2) is 220 Å². The number of amidine groups is 4. The molecule has 4 aliphatic heterocycles. The Morgan fingerprint density at radius 3 is 0.752 bits per heavy atom. The summed E-state index contributed by atoms with van der Waals surface area (Å²) in [6.07, 6.45) is 0. The van der Waals surface area contributed by atoms with Crippen LogP contribution in [0.25, 0.3) is 64.6 Å². The molecule has 8 aromatic carbocycles. The maximum absolute atomic E-state index is 16.7. The van der Waals surface area contributed by atoms with Crippen molar-refractivity contribution in [2.45, 2.75) is 0 Å². The van der Waals surface area contributed by atoms with Crippen LogP contribution >= 0.6 is 0 Å². The van der Waals surface area contributed by atoms with Gasteiger partial charge in [0, 0.05) is 10.8 Å². The van der Waals surface area contributed by atoms with Gasteiger partial charge in [0.25, 0.3) is 0 Å². The Balaban J connectivity index is 0.000000169. The van der Waals surface area contributed by atoms with Crippen molar-refractivity contribution in [1.29, 1.82) is 0 Å². The van der Waals surface area contributed by atoms with E-state index in [1.165, 1.54) is 0 Å². The van der Waals surface area contributed by atoms with Gasteiger partial charge in [-0.2, -0.15) is 0 Å². The van der Waals surface area contributed by atoms with Gasteiger partial charge in [-0.05, 0) is 12.1 Å². The van der Waals surface area contributed by atoms with Gasteiger partial charge in [-0.15, -0.1) is 29.4 Å². The molecule has 1 radical (unpaired) electrons. The van der Waals surface area contributed by atoms with E-state index in [0.29, 0.717) is 12.1 Å². The number of nitrogens with one attached hydrogen (secondary N) is 2. The first kappa shape index (κ1) is 73.9. The van der Waals surface area contributed by atoms with Gasteiger partial charge >= 0.3 is 17.1 Å². The smallest absolute Gasteiger partial charge is 0.323 e. The van der Waals surface area contributed by atoms with E-state index in [-0.39, 0.29) is 17.1 Å². The zero-order chi connectivity index (χ0) is 80.3. The average molecular weight is 1670 g/mol. The van der Waals surface area contributed by atoms with E-state index in [1.54, 1.807) is 9.97 Å². The zero-order valence-electron chi connectivity index (χ0n) is 52.1. The molecule has 0 fully saturated rings. The Bertz CT molecular complexity index is 6900. The third-order valence-corrected chi connectivity index (χ3v) is 17.7. The molecule has 0 atom stereocenters. The molecule has 0 spiro atoms. The number of rotatable bonds is 0. The Morgan fingerprint density at radius 2 is 0.469 bits per heavy atom. The van der Waals surface area contributed by atoms with Crippen LogP contribution in [0.4, 0.5) is 188 Å². The third-order valence-electron chi connectivity index (χ3n) is 17.7. The Hall–Kier alpha value is -13.2. The molecule has 113 heavy (non-hydrogen) atoms. The van der Waals surface area contributed by atoms with Crippen LogP contribution in [-0.4, -0.2) is 52.5 Å². The molecule has 4 aliphatic rings. The Kier molecular flexibility index (Phi) is 16.3. The van der Waals surface area contributed by atoms with Gasteiger partial charge in [-0.1, -0.05) is 51.2 Å². The first-order valence-electron chi connectivity index (χ1n) is 29.7. The van der Waals surface area contributed by atoms with Crippen molar-refractivity contribution in [1.82, 2.24) is 29.1 Å². The van der Waals surface area contributed by atoms with E-state index in [1.807, 2.05) is 0 Å². The molecular weight excluding hydrogens is 1660 g/mol. The van der Waals surface area contributed by atoms with E-state index in [0.717, 1.165) is 24.3 Å². The third kappa shape index (κ3) is 9.57. The van der Waals surface area contributed by atoms with Crippen molar-refractivity contribution >= 4 is 135 Å². The zero-order valence-corrected chi connectivity index (χ0v) is 53.1. The molecule has 0 saturated carbocycles. The first-order chi connectivity index (χ1) is 52.9. The molecule has 6 aromatic heterocycles. The number of halogens is 32. The molecule has 0 amide bonds. The largest absolute Gasteiger partial charge is 2.00 e. The number of benzene rings is 8. The van der Waals surface area contributed by atoms with Gasteiger partial charge in [-0.3, -0.25) is 0 Å². The standard InChI is InChI=1S/2C32H4F16N8.Cu/c2*33-5-3-1-2-4-6(5)28-50-25-7-8(14(35)20(41)19(40)13(7)34)26(49-25)51-29-11-12(18(39)24(45)23(44)17(11)38)30(54(29)46)52-27-9-10(16(37)22(43)21(42)15(9)36)31(53-27)56(48)32(4)55(28)47;/h2*1-3,53H;/q;;+2/b2*50-25?,51-29?,52-30-;. The van der Waals surface area contributed by atoms with Gasteiger partial charge in [0.1, 0.15) is 23.3 Å². The molecule has 0 unspecified atom stereocenters. The van der Waals surface area contributed by atoms with Gasteiger partial charge in [0.2, 0.25) is 0 Å². The van der Waals surface area contributed by atoms with E-state index in [4.69, 9.17) is 0 Å². The fraction of sp³-hybridized carbons (Fsp3) is 0. The second-order valence-corrected chi connectivity index (χ2v) is 23.5. The molecular formula is C64H8CuF32N16+2. The summed E-state index contributed by atoms with van der Waals surface area (Å²) in [6, 6.07) is 4.42. The van der Waals surface area contributed by atoms with Crippen molar-refractivity contribution in [3.63, 3.8) is 0 Å². The summed E-state index contributed by atoms with van der Waals surface area (Å²) in [5.74, 6) is -82.5. The molecule has 14 aromatic rings. The molecule has 16 nitrogen and oxygen atoms in total. The monoisotopic (exact) mass is 1670 g/mol. The van der Waals surface area contributed by atoms with Crippen LogP contribution < -0.4 is 32.2 Å². The maximum Gasteiger partial charge on any atom is 2.00 e.